The van der Waals surface area contributed by atoms with E-state index in [1.807, 2.05) is 72.8 Å². The SMILES string of the molecule is O=C1c2cc(OCc3ccc4ccccc4n3)ccc2OCC1Sc1ccccc1. The Hall–Kier alpha value is -3.31. The monoisotopic (exact) mass is 413 g/mol. The lowest BCUT2D eigenvalue weighted by Gasteiger charge is -2.24. The number of pyridine rings is 1. The van der Waals surface area contributed by atoms with Crippen molar-refractivity contribution in [3.63, 3.8) is 0 Å². The number of hydrogen-bond acceptors (Lipinski definition) is 5. The summed E-state index contributed by atoms with van der Waals surface area (Å²) >= 11 is 1.53. The molecule has 0 N–H and O–H groups in total. The predicted octanol–water partition coefficient (Wildman–Crippen LogP) is 5.55. The average Bonchev–Trinajstić information content (AvgIpc) is 2.80. The third-order valence-electron chi connectivity index (χ3n) is 4.96. The molecule has 5 heteroatoms. The highest BCUT2D eigenvalue weighted by atomic mass is 32.2. The van der Waals surface area contributed by atoms with Gasteiger partial charge in [-0.15, -0.1) is 11.8 Å². The summed E-state index contributed by atoms with van der Waals surface area (Å²) in [7, 11) is 0. The van der Waals surface area contributed by atoms with E-state index in [0.717, 1.165) is 21.5 Å². The van der Waals surface area contributed by atoms with E-state index in [1.165, 1.54) is 11.8 Å². The Morgan fingerprint density at radius 2 is 1.80 bits per heavy atom. The summed E-state index contributed by atoms with van der Waals surface area (Å²) in [6, 6.07) is 27.3. The summed E-state index contributed by atoms with van der Waals surface area (Å²) in [5.74, 6) is 1.31. The van der Waals surface area contributed by atoms with Crippen molar-refractivity contribution in [3.8, 4) is 11.5 Å². The number of hydrogen-bond donors (Lipinski definition) is 0. The van der Waals surface area contributed by atoms with Crippen molar-refractivity contribution < 1.29 is 14.3 Å². The average molecular weight is 413 g/mol. The minimum Gasteiger partial charge on any atom is -0.491 e. The Kier molecular flexibility index (Phi) is 5.11. The van der Waals surface area contributed by atoms with Crippen molar-refractivity contribution in [3.05, 3.63) is 96.2 Å². The van der Waals surface area contributed by atoms with Crippen LogP contribution in [0, 0.1) is 0 Å². The van der Waals surface area contributed by atoms with Crippen LogP contribution in [-0.4, -0.2) is 22.6 Å². The molecule has 0 saturated heterocycles. The van der Waals surface area contributed by atoms with Crippen LogP contribution >= 0.6 is 11.8 Å². The van der Waals surface area contributed by atoms with Crippen LogP contribution in [0.4, 0.5) is 0 Å². The van der Waals surface area contributed by atoms with Crippen molar-refractivity contribution in [1.29, 1.82) is 0 Å². The molecule has 0 bridgehead atoms. The van der Waals surface area contributed by atoms with Crippen LogP contribution in [-0.2, 0) is 6.61 Å². The number of carbonyl (C=O) groups is 1. The van der Waals surface area contributed by atoms with Gasteiger partial charge in [-0.25, -0.2) is 4.98 Å². The molecule has 3 aromatic carbocycles. The molecule has 4 aromatic rings. The van der Waals surface area contributed by atoms with E-state index in [2.05, 4.69) is 4.98 Å². The summed E-state index contributed by atoms with van der Waals surface area (Å²) in [6.07, 6.45) is 0. The Bertz CT molecular complexity index is 1210. The normalized spacial score (nSPS) is 15.5. The molecule has 1 aliphatic rings. The number of aromatic nitrogens is 1. The molecule has 1 unspecified atom stereocenters. The molecule has 148 valence electrons. The lowest BCUT2D eigenvalue weighted by atomic mass is 10.0. The summed E-state index contributed by atoms with van der Waals surface area (Å²) in [5, 5.41) is 0.831. The summed E-state index contributed by atoms with van der Waals surface area (Å²) in [5.41, 5.74) is 2.35. The maximum atomic E-state index is 13.0. The second-order valence-corrected chi connectivity index (χ2v) is 8.31. The molecule has 0 fully saturated rings. The molecule has 5 rings (SSSR count). The summed E-state index contributed by atoms with van der Waals surface area (Å²) in [6.45, 7) is 0.702. The van der Waals surface area contributed by atoms with Gasteiger partial charge in [0.15, 0.2) is 5.78 Å². The van der Waals surface area contributed by atoms with Gasteiger partial charge in [0.2, 0.25) is 0 Å². The maximum absolute atomic E-state index is 13.0. The Labute approximate surface area is 178 Å². The Balaban J connectivity index is 1.31. The summed E-state index contributed by atoms with van der Waals surface area (Å²) in [4.78, 5) is 18.7. The largest absolute Gasteiger partial charge is 0.491 e. The topological polar surface area (TPSA) is 48.4 Å². The standard InChI is InChI=1S/C25H19NO3S/c27-25-21-14-19(28-15-18-11-10-17-6-4-5-9-22(17)26-18)12-13-23(21)29-16-24(25)30-20-7-2-1-3-8-20/h1-14,24H,15-16H2. The zero-order valence-electron chi connectivity index (χ0n) is 16.2. The van der Waals surface area contributed by atoms with Crippen LogP contribution in [0.2, 0.25) is 0 Å². The lowest BCUT2D eigenvalue weighted by Crippen LogP contribution is -2.30. The predicted molar refractivity (Wildman–Crippen MR) is 118 cm³/mol. The first kappa shape index (κ1) is 18.7. The van der Waals surface area contributed by atoms with E-state index in [-0.39, 0.29) is 11.0 Å². The van der Waals surface area contributed by atoms with E-state index < -0.39 is 0 Å². The molecule has 4 nitrogen and oxygen atoms in total. The number of rotatable bonds is 5. The number of nitrogens with zero attached hydrogens (tertiary/aromatic N) is 1. The molecular weight excluding hydrogens is 394 g/mol. The van der Waals surface area contributed by atoms with E-state index in [1.54, 1.807) is 12.1 Å². The number of fused-ring (bicyclic) bond motifs is 2. The van der Waals surface area contributed by atoms with Crippen LogP contribution in [0.3, 0.4) is 0 Å². The van der Waals surface area contributed by atoms with Crippen LogP contribution < -0.4 is 9.47 Å². The molecule has 0 amide bonds. The highest BCUT2D eigenvalue weighted by molar-refractivity contribution is 8.00. The molecule has 0 spiro atoms. The number of carbonyl (C=O) groups excluding carboxylic acids is 1. The minimum absolute atomic E-state index is 0.0689. The minimum atomic E-state index is -0.266. The van der Waals surface area contributed by atoms with E-state index in [0.29, 0.717) is 30.3 Å². The van der Waals surface area contributed by atoms with Crippen molar-refractivity contribution in [2.75, 3.05) is 6.61 Å². The lowest BCUT2D eigenvalue weighted by molar-refractivity contribution is 0.0942. The van der Waals surface area contributed by atoms with Gasteiger partial charge in [0.05, 0.1) is 16.8 Å². The first-order valence-electron chi connectivity index (χ1n) is 9.76. The maximum Gasteiger partial charge on any atom is 0.183 e. The fraction of sp³-hybridized carbons (Fsp3) is 0.120. The van der Waals surface area contributed by atoms with Gasteiger partial charge >= 0.3 is 0 Å². The van der Waals surface area contributed by atoms with E-state index in [9.17, 15) is 4.79 Å². The highest BCUT2D eigenvalue weighted by Crippen LogP contribution is 2.35. The van der Waals surface area contributed by atoms with Gasteiger partial charge in [0, 0.05) is 10.3 Å². The first-order chi connectivity index (χ1) is 14.8. The number of ketones is 1. The van der Waals surface area contributed by atoms with Crippen molar-refractivity contribution >= 4 is 28.4 Å². The van der Waals surface area contributed by atoms with Crippen molar-refractivity contribution in [1.82, 2.24) is 4.98 Å². The Morgan fingerprint density at radius 3 is 2.70 bits per heavy atom. The fourth-order valence-electron chi connectivity index (χ4n) is 3.43. The molecule has 1 aromatic heterocycles. The van der Waals surface area contributed by atoms with Crippen molar-refractivity contribution in [2.45, 2.75) is 16.8 Å². The van der Waals surface area contributed by atoms with Crippen LogP contribution in [0.5, 0.6) is 11.5 Å². The third kappa shape index (κ3) is 3.89. The second-order valence-electron chi connectivity index (χ2n) is 7.04. The van der Waals surface area contributed by atoms with Gasteiger partial charge < -0.3 is 9.47 Å². The molecule has 0 aliphatic carbocycles. The highest BCUT2D eigenvalue weighted by Gasteiger charge is 2.30. The van der Waals surface area contributed by atoms with E-state index >= 15 is 0 Å². The quantitative estimate of drug-likeness (QED) is 0.429. The molecule has 2 heterocycles. The third-order valence-corrected chi connectivity index (χ3v) is 6.14. The van der Waals surface area contributed by atoms with Crippen LogP contribution in [0.15, 0.2) is 89.8 Å². The van der Waals surface area contributed by atoms with Gasteiger partial charge in [-0.1, -0.05) is 42.5 Å². The number of thioether (sulfide) groups is 1. The summed E-state index contributed by atoms with van der Waals surface area (Å²) < 4.78 is 11.8. The van der Waals surface area contributed by atoms with Gasteiger partial charge in [-0.3, -0.25) is 4.79 Å². The molecule has 0 saturated carbocycles. The number of para-hydroxylation sites is 1. The van der Waals surface area contributed by atoms with Gasteiger partial charge in [0.25, 0.3) is 0 Å². The molecule has 0 radical (unpaired) electrons. The molecular formula is C25H19NO3S. The zero-order valence-corrected chi connectivity index (χ0v) is 17.0. The van der Waals surface area contributed by atoms with Crippen LogP contribution in [0.25, 0.3) is 10.9 Å². The fourth-order valence-corrected chi connectivity index (χ4v) is 4.44. The van der Waals surface area contributed by atoms with Gasteiger partial charge in [0.1, 0.15) is 30.0 Å². The second kappa shape index (κ2) is 8.20. The Morgan fingerprint density at radius 1 is 0.967 bits per heavy atom. The molecule has 1 atom stereocenters. The first-order valence-corrected chi connectivity index (χ1v) is 10.6. The molecule has 1 aliphatic heterocycles. The number of benzene rings is 3. The smallest absolute Gasteiger partial charge is 0.183 e. The molecule has 30 heavy (non-hydrogen) atoms. The zero-order chi connectivity index (χ0) is 20.3. The van der Waals surface area contributed by atoms with Crippen LogP contribution in [0.1, 0.15) is 16.1 Å². The number of Topliss-reactive ketones (excluding diaryl/α,β-unsaturated/α-hetero) is 1. The van der Waals surface area contributed by atoms with Crippen molar-refractivity contribution in [2.24, 2.45) is 0 Å². The van der Waals surface area contributed by atoms with E-state index in [4.69, 9.17) is 9.47 Å². The van der Waals surface area contributed by atoms with Gasteiger partial charge in [-0.2, -0.15) is 0 Å². The number of ether oxygens (including phenoxy) is 2. The van der Waals surface area contributed by atoms with Gasteiger partial charge in [-0.05, 0) is 42.5 Å².